The van der Waals surface area contributed by atoms with Gasteiger partial charge >= 0.3 is 6.03 Å². The van der Waals surface area contributed by atoms with Gasteiger partial charge in [0.1, 0.15) is 0 Å². The molecule has 1 aliphatic heterocycles. The van der Waals surface area contributed by atoms with Gasteiger partial charge in [0, 0.05) is 19.6 Å². The van der Waals surface area contributed by atoms with Crippen LogP contribution in [0.5, 0.6) is 0 Å². The van der Waals surface area contributed by atoms with Gasteiger partial charge in [0.2, 0.25) is 0 Å². The van der Waals surface area contributed by atoms with E-state index in [4.69, 9.17) is 0 Å². The molecule has 2 heterocycles. The molecule has 3 aromatic rings. The first-order chi connectivity index (χ1) is 14.7. The van der Waals surface area contributed by atoms with Gasteiger partial charge in [-0.3, -0.25) is 9.48 Å². The summed E-state index contributed by atoms with van der Waals surface area (Å²) in [6.45, 7) is 2.63. The molecule has 2 N–H and O–H groups in total. The lowest BCUT2D eigenvalue weighted by atomic mass is 10.1. The standard InChI is InChI=1S/C23H25N5O2/c29-22(25-16-19-9-5-2-6-10-19)21-15-20-17-27(13-14-28(20)26-21)23(30)24-12-11-18-7-3-1-4-8-18/h1-10,15H,11-14,16-17H2,(H,24,30)(H,25,29). The predicted octanol–water partition coefficient (Wildman–Crippen LogP) is 2.58. The van der Waals surface area contributed by atoms with E-state index in [0.29, 0.717) is 38.4 Å². The number of nitrogens with one attached hydrogen (secondary N) is 2. The van der Waals surface area contributed by atoms with Crippen molar-refractivity contribution < 1.29 is 9.59 Å². The molecule has 0 fully saturated rings. The molecule has 0 unspecified atom stereocenters. The van der Waals surface area contributed by atoms with Gasteiger partial charge < -0.3 is 15.5 Å². The Morgan fingerprint density at radius 1 is 0.900 bits per heavy atom. The Morgan fingerprint density at radius 2 is 1.60 bits per heavy atom. The molecule has 0 bridgehead atoms. The SMILES string of the molecule is O=C(NCc1ccccc1)c1cc2n(n1)CCN(C(=O)NCCc1ccccc1)C2. The van der Waals surface area contributed by atoms with E-state index in [1.165, 1.54) is 5.56 Å². The molecule has 154 valence electrons. The third-order valence-corrected chi connectivity index (χ3v) is 5.15. The summed E-state index contributed by atoms with van der Waals surface area (Å²) in [5, 5.41) is 10.3. The number of urea groups is 1. The van der Waals surface area contributed by atoms with Crippen LogP contribution < -0.4 is 10.6 Å². The molecular formula is C23H25N5O2. The Balaban J connectivity index is 1.29. The van der Waals surface area contributed by atoms with E-state index in [1.54, 1.807) is 11.0 Å². The molecule has 4 rings (SSSR count). The van der Waals surface area contributed by atoms with E-state index in [2.05, 4.69) is 27.9 Å². The zero-order valence-corrected chi connectivity index (χ0v) is 16.8. The topological polar surface area (TPSA) is 79.3 Å². The zero-order valence-electron chi connectivity index (χ0n) is 16.8. The van der Waals surface area contributed by atoms with E-state index < -0.39 is 0 Å². The van der Waals surface area contributed by atoms with Crippen LogP contribution in [0.15, 0.2) is 66.7 Å². The van der Waals surface area contributed by atoms with E-state index in [1.807, 2.05) is 53.2 Å². The Labute approximate surface area is 175 Å². The van der Waals surface area contributed by atoms with Crippen molar-refractivity contribution in [2.75, 3.05) is 13.1 Å². The van der Waals surface area contributed by atoms with E-state index in [9.17, 15) is 9.59 Å². The van der Waals surface area contributed by atoms with Gasteiger partial charge in [0.25, 0.3) is 5.91 Å². The summed E-state index contributed by atoms with van der Waals surface area (Å²) in [5.74, 6) is -0.209. The normalized spacial score (nSPS) is 12.9. The fourth-order valence-corrected chi connectivity index (χ4v) is 3.49. The molecule has 7 heteroatoms. The van der Waals surface area contributed by atoms with Gasteiger partial charge in [-0.1, -0.05) is 60.7 Å². The summed E-state index contributed by atoms with van der Waals surface area (Å²) in [6, 6.07) is 21.5. The minimum absolute atomic E-state index is 0.0894. The van der Waals surface area contributed by atoms with Gasteiger partial charge in [0.05, 0.1) is 18.8 Å². The minimum atomic E-state index is -0.209. The lowest BCUT2D eigenvalue weighted by molar-refractivity contribution is 0.0944. The van der Waals surface area contributed by atoms with Crippen LogP contribution in [0, 0.1) is 0 Å². The van der Waals surface area contributed by atoms with Crippen molar-refractivity contribution in [3.63, 3.8) is 0 Å². The van der Waals surface area contributed by atoms with Crippen LogP contribution in [-0.4, -0.2) is 39.7 Å². The van der Waals surface area contributed by atoms with Crippen molar-refractivity contribution in [2.45, 2.75) is 26.1 Å². The quantitative estimate of drug-likeness (QED) is 0.664. The van der Waals surface area contributed by atoms with Crippen molar-refractivity contribution in [1.29, 1.82) is 0 Å². The molecule has 0 atom stereocenters. The van der Waals surface area contributed by atoms with Crippen molar-refractivity contribution >= 4 is 11.9 Å². The zero-order chi connectivity index (χ0) is 20.8. The van der Waals surface area contributed by atoms with Crippen LogP contribution in [0.3, 0.4) is 0 Å². The fraction of sp³-hybridized carbons (Fsp3) is 0.261. The molecule has 2 aromatic carbocycles. The average molecular weight is 403 g/mol. The van der Waals surface area contributed by atoms with Gasteiger partial charge in [-0.2, -0.15) is 5.10 Å². The van der Waals surface area contributed by atoms with E-state index in [0.717, 1.165) is 17.7 Å². The van der Waals surface area contributed by atoms with Crippen LogP contribution >= 0.6 is 0 Å². The highest BCUT2D eigenvalue weighted by molar-refractivity contribution is 5.92. The molecule has 30 heavy (non-hydrogen) atoms. The van der Waals surface area contributed by atoms with Gasteiger partial charge in [-0.25, -0.2) is 4.79 Å². The molecule has 3 amide bonds. The first-order valence-electron chi connectivity index (χ1n) is 10.1. The number of hydrogen-bond donors (Lipinski definition) is 2. The van der Waals surface area contributed by atoms with Crippen LogP contribution in [0.4, 0.5) is 4.79 Å². The molecule has 0 radical (unpaired) electrons. The third kappa shape index (κ3) is 4.86. The smallest absolute Gasteiger partial charge is 0.317 e. The molecular weight excluding hydrogens is 378 g/mol. The third-order valence-electron chi connectivity index (χ3n) is 5.15. The van der Waals surface area contributed by atoms with E-state index in [-0.39, 0.29) is 11.9 Å². The summed E-state index contributed by atoms with van der Waals surface area (Å²) in [6.07, 6.45) is 0.796. The van der Waals surface area contributed by atoms with E-state index >= 15 is 0 Å². The van der Waals surface area contributed by atoms with Crippen LogP contribution in [0.25, 0.3) is 0 Å². The first kappa shape index (κ1) is 19.7. The number of amides is 3. The summed E-state index contributed by atoms with van der Waals surface area (Å²) < 4.78 is 1.81. The second kappa shape index (κ2) is 9.26. The number of rotatable bonds is 6. The molecule has 7 nitrogen and oxygen atoms in total. The number of aromatic nitrogens is 2. The Hall–Kier alpha value is -3.61. The minimum Gasteiger partial charge on any atom is -0.347 e. The highest BCUT2D eigenvalue weighted by Crippen LogP contribution is 2.14. The number of hydrogen-bond acceptors (Lipinski definition) is 3. The molecule has 0 saturated carbocycles. The lowest BCUT2D eigenvalue weighted by Crippen LogP contribution is -2.44. The van der Waals surface area contributed by atoms with Gasteiger partial charge in [-0.15, -0.1) is 0 Å². The largest absolute Gasteiger partial charge is 0.347 e. The second-order valence-corrected chi connectivity index (χ2v) is 7.30. The maximum absolute atomic E-state index is 12.5. The first-order valence-corrected chi connectivity index (χ1v) is 10.1. The monoisotopic (exact) mass is 403 g/mol. The fourth-order valence-electron chi connectivity index (χ4n) is 3.49. The van der Waals surface area contributed by atoms with Crippen molar-refractivity contribution in [1.82, 2.24) is 25.3 Å². The molecule has 0 spiro atoms. The highest BCUT2D eigenvalue weighted by atomic mass is 16.2. The van der Waals surface area contributed by atoms with Crippen LogP contribution in [0.1, 0.15) is 27.3 Å². The second-order valence-electron chi connectivity index (χ2n) is 7.30. The highest BCUT2D eigenvalue weighted by Gasteiger charge is 2.23. The molecule has 0 saturated heterocycles. The number of nitrogens with zero attached hydrogens (tertiary/aromatic N) is 3. The number of carbonyl (C=O) groups is 2. The van der Waals surface area contributed by atoms with Crippen molar-refractivity contribution in [3.8, 4) is 0 Å². The number of fused-ring (bicyclic) bond motifs is 1. The predicted molar refractivity (Wildman–Crippen MR) is 114 cm³/mol. The lowest BCUT2D eigenvalue weighted by Gasteiger charge is -2.27. The Morgan fingerprint density at radius 3 is 2.33 bits per heavy atom. The summed E-state index contributed by atoms with van der Waals surface area (Å²) in [4.78, 5) is 26.7. The average Bonchev–Trinajstić information content (AvgIpc) is 3.22. The summed E-state index contributed by atoms with van der Waals surface area (Å²) >= 11 is 0. The van der Waals surface area contributed by atoms with Crippen LogP contribution in [0.2, 0.25) is 0 Å². The van der Waals surface area contributed by atoms with Crippen molar-refractivity contribution in [3.05, 3.63) is 89.2 Å². The van der Waals surface area contributed by atoms with Crippen molar-refractivity contribution in [2.24, 2.45) is 0 Å². The van der Waals surface area contributed by atoms with Gasteiger partial charge in [0.15, 0.2) is 5.69 Å². The summed E-state index contributed by atoms with van der Waals surface area (Å²) in [5.41, 5.74) is 3.48. The molecule has 0 aliphatic carbocycles. The molecule has 1 aromatic heterocycles. The molecule has 1 aliphatic rings. The maximum atomic E-state index is 12.5. The van der Waals surface area contributed by atoms with Crippen LogP contribution in [-0.2, 0) is 26.1 Å². The Kier molecular flexibility index (Phi) is 6.08. The maximum Gasteiger partial charge on any atom is 0.317 e. The summed E-state index contributed by atoms with van der Waals surface area (Å²) in [7, 11) is 0. The van der Waals surface area contributed by atoms with Gasteiger partial charge in [-0.05, 0) is 23.6 Å². The number of benzene rings is 2. The Bertz CT molecular complexity index is 1000. The number of carbonyl (C=O) groups excluding carboxylic acids is 2.